The van der Waals surface area contributed by atoms with Gasteiger partial charge in [0, 0.05) is 16.9 Å². The van der Waals surface area contributed by atoms with Gasteiger partial charge in [0.25, 0.3) is 0 Å². The molecule has 0 bridgehead atoms. The van der Waals surface area contributed by atoms with E-state index in [-0.39, 0.29) is 0 Å². The highest BCUT2D eigenvalue weighted by Crippen LogP contribution is 2.18. The molecule has 0 aliphatic rings. The lowest BCUT2D eigenvalue weighted by molar-refractivity contribution is 0.100. The Morgan fingerprint density at radius 3 is 2.05 bits per heavy atom. The van der Waals surface area contributed by atoms with E-state index in [1.165, 1.54) is 18.4 Å². The van der Waals surface area contributed by atoms with Crippen molar-refractivity contribution in [3.63, 3.8) is 0 Å². The predicted octanol–water partition coefficient (Wildman–Crippen LogP) is 3.87. The van der Waals surface area contributed by atoms with Crippen molar-refractivity contribution in [2.24, 2.45) is 5.73 Å². The molecule has 0 atom stereocenters. The van der Waals surface area contributed by atoms with Gasteiger partial charge in [0.15, 0.2) is 0 Å². The quantitative estimate of drug-likeness (QED) is 0.835. The molecular weight excluding hydrogens is 248 g/mol. The van der Waals surface area contributed by atoms with Gasteiger partial charge in [-0.05, 0) is 54.8 Å². The Morgan fingerprint density at radius 1 is 1.00 bits per heavy atom. The van der Waals surface area contributed by atoms with Crippen LogP contribution in [-0.4, -0.2) is 5.91 Å². The van der Waals surface area contributed by atoms with Gasteiger partial charge in [0.2, 0.25) is 5.91 Å². The molecule has 2 aromatic carbocycles. The normalized spacial score (nSPS) is 10.2. The molecular formula is C17H20N2O. The number of hydrogen-bond donors (Lipinski definition) is 2. The summed E-state index contributed by atoms with van der Waals surface area (Å²) in [5.74, 6) is -0.406. The maximum absolute atomic E-state index is 11.0. The largest absolute Gasteiger partial charge is 0.366 e. The zero-order valence-electron chi connectivity index (χ0n) is 11.7. The summed E-state index contributed by atoms with van der Waals surface area (Å²) in [5, 5.41) is 3.30. The Bertz CT molecular complexity index is 559. The van der Waals surface area contributed by atoms with E-state index in [9.17, 15) is 4.79 Å². The van der Waals surface area contributed by atoms with Gasteiger partial charge < -0.3 is 11.1 Å². The average Bonchev–Trinajstić information content (AvgIpc) is 2.47. The van der Waals surface area contributed by atoms with E-state index < -0.39 is 5.91 Å². The van der Waals surface area contributed by atoms with Crippen LogP contribution in [0.25, 0.3) is 0 Å². The van der Waals surface area contributed by atoms with Crippen molar-refractivity contribution < 1.29 is 4.79 Å². The third kappa shape index (κ3) is 3.85. The van der Waals surface area contributed by atoms with E-state index in [0.29, 0.717) is 5.56 Å². The molecule has 104 valence electrons. The Hall–Kier alpha value is -2.29. The second kappa shape index (κ2) is 6.75. The van der Waals surface area contributed by atoms with Gasteiger partial charge >= 0.3 is 0 Å². The number of aryl methyl sites for hydroxylation is 1. The van der Waals surface area contributed by atoms with E-state index in [2.05, 4.69) is 36.5 Å². The number of anilines is 2. The maximum atomic E-state index is 11.0. The van der Waals surface area contributed by atoms with Gasteiger partial charge in [0.05, 0.1) is 0 Å². The molecule has 0 aromatic heterocycles. The lowest BCUT2D eigenvalue weighted by Gasteiger charge is -2.08. The zero-order valence-corrected chi connectivity index (χ0v) is 11.7. The summed E-state index contributed by atoms with van der Waals surface area (Å²) in [7, 11) is 0. The first kappa shape index (κ1) is 14.1. The van der Waals surface area contributed by atoms with E-state index in [1.807, 2.05) is 12.1 Å². The highest BCUT2D eigenvalue weighted by Gasteiger charge is 2.00. The van der Waals surface area contributed by atoms with Crippen molar-refractivity contribution in [1.29, 1.82) is 0 Å². The van der Waals surface area contributed by atoms with Crippen LogP contribution in [0.2, 0.25) is 0 Å². The number of nitrogens with one attached hydrogen (secondary N) is 1. The fourth-order valence-corrected chi connectivity index (χ4v) is 2.02. The molecule has 0 saturated carbocycles. The van der Waals surface area contributed by atoms with Gasteiger partial charge in [-0.1, -0.05) is 25.5 Å². The molecule has 0 unspecified atom stereocenters. The van der Waals surface area contributed by atoms with E-state index in [1.54, 1.807) is 12.1 Å². The van der Waals surface area contributed by atoms with Crippen molar-refractivity contribution in [3.8, 4) is 0 Å². The third-order valence-electron chi connectivity index (χ3n) is 3.23. The van der Waals surface area contributed by atoms with Gasteiger partial charge in [-0.15, -0.1) is 0 Å². The summed E-state index contributed by atoms with van der Waals surface area (Å²) in [6.07, 6.45) is 3.57. The highest BCUT2D eigenvalue weighted by molar-refractivity contribution is 5.93. The van der Waals surface area contributed by atoms with Crippen LogP contribution in [0.1, 0.15) is 35.7 Å². The zero-order chi connectivity index (χ0) is 14.4. The Labute approximate surface area is 119 Å². The summed E-state index contributed by atoms with van der Waals surface area (Å²) < 4.78 is 0. The van der Waals surface area contributed by atoms with E-state index in [0.717, 1.165) is 17.8 Å². The number of unbranched alkanes of at least 4 members (excludes halogenated alkanes) is 1. The lowest BCUT2D eigenvalue weighted by Crippen LogP contribution is -2.10. The van der Waals surface area contributed by atoms with Crippen molar-refractivity contribution >= 4 is 17.3 Å². The van der Waals surface area contributed by atoms with Gasteiger partial charge in [-0.2, -0.15) is 0 Å². The fourth-order valence-electron chi connectivity index (χ4n) is 2.02. The molecule has 3 heteroatoms. The Kier molecular flexibility index (Phi) is 4.77. The summed E-state index contributed by atoms with van der Waals surface area (Å²) in [4.78, 5) is 11.0. The first-order chi connectivity index (χ1) is 9.69. The summed E-state index contributed by atoms with van der Waals surface area (Å²) >= 11 is 0. The second-order valence-electron chi connectivity index (χ2n) is 4.87. The summed E-state index contributed by atoms with van der Waals surface area (Å²) in [6, 6.07) is 15.6. The SMILES string of the molecule is CCCCc1ccc(Nc2ccc(C(N)=O)cc2)cc1. The van der Waals surface area contributed by atoms with Crippen LogP contribution in [0, 0.1) is 0 Å². The van der Waals surface area contributed by atoms with Crippen LogP contribution in [0.3, 0.4) is 0 Å². The van der Waals surface area contributed by atoms with Crippen molar-refractivity contribution in [2.45, 2.75) is 26.2 Å². The molecule has 0 aliphatic carbocycles. The number of hydrogen-bond acceptors (Lipinski definition) is 2. The Morgan fingerprint density at radius 2 is 1.55 bits per heavy atom. The lowest BCUT2D eigenvalue weighted by atomic mass is 10.1. The molecule has 2 aromatic rings. The first-order valence-electron chi connectivity index (χ1n) is 6.95. The predicted molar refractivity (Wildman–Crippen MR) is 83.3 cm³/mol. The standard InChI is InChI=1S/C17H20N2O/c1-2-3-4-13-5-9-15(10-6-13)19-16-11-7-14(8-12-16)17(18)20/h5-12,19H,2-4H2,1H3,(H2,18,20). The topological polar surface area (TPSA) is 55.1 Å². The van der Waals surface area contributed by atoms with Crippen LogP contribution >= 0.6 is 0 Å². The van der Waals surface area contributed by atoms with E-state index in [4.69, 9.17) is 5.73 Å². The molecule has 0 spiro atoms. The van der Waals surface area contributed by atoms with Gasteiger partial charge in [-0.3, -0.25) is 4.79 Å². The van der Waals surface area contributed by atoms with Gasteiger partial charge in [0.1, 0.15) is 0 Å². The molecule has 0 heterocycles. The minimum Gasteiger partial charge on any atom is -0.366 e. The Balaban J connectivity index is 2.00. The molecule has 3 nitrogen and oxygen atoms in total. The van der Waals surface area contributed by atoms with Crippen molar-refractivity contribution in [3.05, 3.63) is 59.7 Å². The molecule has 20 heavy (non-hydrogen) atoms. The van der Waals surface area contributed by atoms with Crippen LogP contribution in [0.4, 0.5) is 11.4 Å². The molecule has 0 aliphatic heterocycles. The number of nitrogens with two attached hydrogens (primary N) is 1. The third-order valence-corrected chi connectivity index (χ3v) is 3.23. The van der Waals surface area contributed by atoms with Crippen LogP contribution in [0.5, 0.6) is 0 Å². The van der Waals surface area contributed by atoms with Gasteiger partial charge in [-0.25, -0.2) is 0 Å². The summed E-state index contributed by atoms with van der Waals surface area (Å²) in [5.41, 5.74) is 9.08. The molecule has 2 rings (SSSR count). The minimum absolute atomic E-state index is 0.406. The summed E-state index contributed by atoms with van der Waals surface area (Å²) in [6.45, 7) is 2.20. The number of benzene rings is 2. The monoisotopic (exact) mass is 268 g/mol. The number of carbonyl (C=O) groups is 1. The molecule has 0 radical (unpaired) electrons. The number of rotatable bonds is 6. The molecule has 3 N–H and O–H groups in total. The first-order valence-corrected chi connectivity index (χ1v) is 6.95. The molecule has 0 fully saturated rings. The second-order valence-corrected chi connectivity index (χ2v) is 4.87. The smallest absolute Gasteiger partial charge is 0.248 e. The number of primary amides is 1. The van der Waals surface area contributed by atoms with Crippen LogP contribution in [-0.2, 0) is 6.42 Å². The number of amides is 1. The molecule has 0 saturated heterocycles. The van der Waals surface area contributed by atoms with Crippen LogP contribution in [0.15, 0.2) is 48.5 Å². The molecule has 1 amide bonds. The minimum atomic E-state index is -0.406. The van der Waals surface area contributed by atoms with Crippen molar-refractivity contribution in [2.75, 3.05) is 5.32 Å². The highest BCUT2D eigenvalue weighted by atomic mass is 16.1. The maximum Gasteiger partial charge on any atom is 0.248 e. The van der Waals surface area contributed by atoms with Crippen LogP contribution < -0.4 is 11.1 Å². The fraction of sp³-hybridized carbons (Fsp3) is 0.235. The average molecular weight is 268 g/mol. The number of carbonyl (C=O) groups excluding carboxylic acids is 1. The van der Waals surface area contributed by atoms with E-state index >= 15 is 0 Å². The van der Waals surface area contributed by atoms with Crippen molar-refractivity contribution in [1.82, 2.24) is 0 Å².